The van der Waals surface area contributed by atoms with Crippen LogP contribution >= 0.6 is 0 Å². The third-order valence-corrected chi connectivity index (χ3v) is 3.23. The summed E-state index contributed by atoms with van der Waals surface area (Å²) in [5, 5.41) is 18.3. The van der Waals surface area contributed by atoms with Gasteiger partial charge < -0.3 is 9.84 Å². The Balaban J connectivity index is 3.22. The van der Waals surface area contributed by atoms with Gasteiger partial charge in [0, 0.05) is 6.42 Å². The van der Waals surface area contributed by atoms with Crippen molar-refractivity contribution in [3.8, 4) is 11.8 Å². The fourth-order valence-corrected chi connectivity index (χ4v) is 1.84. The third-order valence-electron chi connectivity index (χ3n) is 3.23. The summed E-state index contributed by atoms with van der Waals surface area (Å²) in [5.74, 6) is -0.165. The number of carbonyl (C=O) groups is 1. The van der Waals surface area contributed by atoms with E-state index in [0.29, 0.717) is 11.7 Å². The molecular weight excluding hydrogens is 242 g/mol. The molecule has 0 heterocycles. The van der Waals surface area contributed by atoms with Gasteiger partial charge in [0.2, 0.25) is 0 Å². The number of hydrogen-bond donors (Lipinski definition) is 1. The van der Waals surface area contributed by atoms with Crippen LogP contribution in [0, 0.1) is 16.7 Å². The summed E-state index contributed by atoms with van der Waals surface area (Å²) >= 11 is 0. The number of nitriles is 1. The molecule has 0 bridgehead atoms. The Labute approximate surface area is 113 Å². The van der Waals surface area contributed by atoms with Gasteiger partial charge in [0.05, 0.1) is 13.2 Å². The maximum atomic E-state index is 11.2. The topological polar surface area (TPSA) is 70.3 Å². The van der Waals surface area contributed by atoms with Crippen molar-refractivity contribution in [2.24, 2.45) is 5.41 Å². The van der Waals surface area contributed by atoms with Gasteiger partial charge in [0.1, 0.15) is 5.75 Å². The van der Waals surface area contributed by atoms with Crippen LogP contribution in [0.25, 0.3) is 0 Å². The maximum absolute atomic E-state index is 11.2. The van der Waals surface area contributed by atoms with E-state index in [-0.39, 0.29) is 6.42 Å². The number of methoxy groups -OCH3 is 1. The van der Waals surface area contributed by atoms with E-state index in [1.165, 1.54) is 6.92 Å². The Hall–Kier alpha value is -2.02. The molecule has 0 spiro atoms. The number of carboxylic acids is 1. The molecule has 0 aliphatic heterocycles. The molecule has 0 amide bonds. The van der Waals surface area contributed by atoms with Crippen LogP contribution in [0.3, 0.4) is 0 Å². The van der Waals surface area contributed by atoms with Crippen molar-refractivity contribution in [1.82, 2.24) is 0 Å². The molecule has 1 aromatic carbocycles. The van der Waals surface area contributed by atoms with Crippen molar-refractivity contribution in [3.05, 3.63) is 29.3 Å². The number of hydrogen-bond acceptors (Lipinski definition) is 3. The first kappa shape index (κ1) is 15.0. The number of ether oxygens (including phenoxy) is 1. The van der Waals surface area contributed by atoms with E-state index in [1.807, 2.05) is 24.3 Å². The van der Waals surface area contributed by atoms with Crippen LogP contribution in [0.15, 0.2) is 18.2 Å². The molecule has 4 heteroatoms. The number of aliphatic carboxylic acids is 1. The van der Waals surface area contributed by atoms with Gasteiger partial charge >= 0.3 is 5.97 Å². The Bertz CT molecular complexity index is 517. The molecule has 0 radical (unpaired) electrons. The fraction of sp³-hybridized carbons (Fsp3) is 0.467. The quantitative estimate of drug-likeness (QED) is 0.884. The highest BCUT2D eigenvalue weighted by atomic mass is 16.5. The average Bonchev–Trinajstić information content (AvgIpc) is 2.38. The zero-order valence-electron chi connectivity index (χ0n) is 11.7. The first-order valence-electron chi connectivity index (χ1n) is 6.15. The van der Waals surface area contributed by atoms with Crippen LogP contribution in [-0.2, 0) is 11.2 Å². The van der Waals surface area contributed by atoms with Crippen molar-refractivity contribution in [1.29, 1.82) is 5.26 Å². The second-order valence-corrected chi connectivity index (χ2v) is 5.15. The fourth-order valence-electron chi connectivity index (χ4n) is 1.84. The second-order valence-electron chi connectivity index (χ2n) is 5.15. The molecule has 0 saturated carbocycles. The summed E-state index contributed by atoms with van der Waals surface area (Å²) in [5.41, 5.74) is 0.407. The molecule has 0 fully saturated rings. The van der Waals surface area contributed by atoms with E-state index in [2.05, 4.69) is 13.8 Å². The minimum absolute atomic E-state index is 0.128. The lowest BCUT2D eigenvalue weighted by Crippen LogP contribution is -2.28. The molecule has 1 aromatic rings. The van der Waals surface area contributed by atoms with E-state index in [0.717, 1.165) is 11.1 Å². The number of benzene rings is 1. The van der Waals surface area contributed by atoms with Crippen LogP contribution in [0.2, 0.25) is 0 Å². The first-order chi connectivity index (χ1) is 8.84. The van der Waals surface area contributed by atoms with Gasteiger partial charge in [0.15, 0.2) is 5.41 Å². The summed E-state index contributed by atoms with van der Waals surface area (Å²) < 4.78 is 5.25. The first-order valence-corrected chi connectivity index (χ1v) is 6.15. The van der Waals surface area contributed by atoms with Crippen LogP contribution in [0.4, 0.5) is 0 Å². The highest BCUT2D eigenvalue weighted by Gasteiger charge is 2.34. The molecule has 1 unspecified atom stereocenters. The molecular formula is C15H19NO3. The average molecular weight is 261 g/mol. The van der Waals surface area contributed by atoms with E-state index >= 15 is 0 Å². The van der Waals surface area contributed by atoms with Crippen LogP contribution in [-0.4, -0.2) is 18.2 Å². The van der Waals surface area contributed by atoms with E-state index in [9.17, 15) is 9.90 Å². The third kappa shape index (κ3) is 3.25. The predicted octanol–water partition coefficient (Wildman–Crippen LogP) is 2.98. The molecule has 102 valence electrons. The minimum atomic E-state index is -1.44. The molecule has 0 aliphatic rings. The molecule has 0 aromatic heterocycles. The Kier molecular flexibility index (Phi) is 4.55. The van der Waals surface area contributed by atoms with E-state index in [4.69, 9.17) is 10.00 Å². The van der Waals surface area contributed by atoms with E-state index < -0.39 is 11.4 Å². The molecule has 1 atom stereocenters. The van der Waals surface area contributed by atoms with Crippen molar-refractivity contribution in [2.75, 3.05) is 7.11 Å². The largest absolute Gasteiger partial charge is 0.496 e. The van der Waals surface area contributed by atoms with Gasteiger partial charge in [0.25, 0.3) is 0 Å². The zero-order valence-corrected chi connectivity index (χ0v) is 11.7. The Morgan fingerprint density at radius 3 is 2.58 bits per heavy atom. The lowest BCUT2D eigenvalue weighted by molar-refractivity contribution is -0.144. The predicted molar refractivity (Wildman–Crippen MR) is 72.1 cm³/mol. The van der Waals surface area contributed by atoms with Crippen molar-refractivity contribution in [3.63, 3.8) is 0 Å². The van der Waals surface area contributed by atoms with Crippen molar-refractivity contribution >= 4 is 5.97 Å². The van der Waals surface area contributed by atoms with Gasteiger partial charge in [-0.05, 0) is 30.0 Å². The van der Waals surface area contributed by atoms with Gasteiger partial charge in [-0.1, -0.05) is 26.0 Å². The molecule has 1 N–H and O–H groups in total. The number of nitrogens with zero attached hydrogens (tertiary/aromatic N) is 1. The normalized spacial score (nSPS) is 13.7. The Morgan fingerprint density at radius 2 is 2.16 bits per heavy atom. The summed E-state index contributed by atoms with van der Waals surface area (Å²) in [6.07, 6.45) is 0.128. The SMILES string of the molecule is COc1ccc(C(C)C)cc1CC(C)(C#N)C(=O)O. The van der Waals surface area contributed by atoms with Crippen molar-refractivity contribution < 1.29 is 14.6 Å². The smallest absolute Gasteiger partial charge is 0.324 e. The van der Waals surface area contributed by atoms with Crippen molar-refractivity contribution in [2.45, 2.75) is 33.1 Å². The van der Waals surface area contributed by atoms with Crippen LogP contribution < -0.4 is 4.74 Å². The maximum Gasteiger partial charge on any atom is 0.324 e. The lowest BCUT2D eigenvalue weighted by Gasteiger charge is -2.19. The monoisotopic (exact) mass is 261 g/mol. The Morgan fingerprint density at radius 1 is 1.53 bits per heavy atom. The molecule has 19 heavy (non-hydrogen) atoms. The number of rotatable bonds is 5. The van der Waals surface area contributed by atoms with Gasteiger partial charge in [-0.15, -0.1) is 0 Å². The zero-order chi connectivity index (χ0) is 14.6. The molecule has 4 nitrogen and oxygen atoms in total. The summed E-state index contributed by atoms with van der Waals surface area (Å²) in [6.45, 7) is 5.55. The molecule has 0 aliphatic carbocycles. The standard InChI is InChI=1S/C15H19NO3/c1-10(2)11-5-6-13(19-4)12(7-11)8-15(3,9-16)14(17)18/h5-7,10H,8H2,1-4H3,(H,17,18). The number of carboxylic acid groups (broad SMARTS) is 1. The highest BCUT2D eigenvalue weighted by molar-refractivity contribution is 5.78. The van der Waals surface area contributed by atoms with E-state index in [1.54, 1.807) is 7.11 Å². The van der Waals surface area contributed by atoms with Gasteiger partial charge in [-0.2, -0.15) is 5.26 Å². The summed E-state index contributed by atoms with van der Waals surface area (Å²) in [4.78, 5) is 11.2. The molecule has 1 rings (SSSR count). The van der Waals surface area contributed by atoms with Gasteiger partial charge in [-0.3, -0.25) is 4.79 Å². The summed E-state index contributed by atoms with van der Waals surface area (Å²) in [6, 6.07) is 7.57. The molecule has 0 saturated heterocycles. The van der Waals surface area contributed by atoms with Gasteiger partial charge in [-0.25, -0.2) is 0 Å². The lowest BCUT2D eigenvalue weighted by atomic mass is 9.84. The highest BCUT2D eigenvalue weighted by Crippen LogP contribution is 2.30. The summed E-state index contributed by atoms with van der Waals surface area (Å²) in [7, 11) is 1.54. The van der Waals surface area contributed by atoms with Crippen LogP contribution in [0.1, 0.15) is 37.8 Å². The minimum Gasteiger partial charge on any atom is -0.496 e. The second kappa shape index (κ2) is 5.75. The van der Waals surface area contributed by atoms with Crippen LogP contribution in [0.5, 0.6) is 5.75 Å².